The Morgan fingerprint density at radius 2 is 1.65 bits per heavy atom. The van der Waals surface area contributed by atoms with E-state index in [0.29, 0.717) is 5.75 Å². The van der Waals surface area contributed by atoms with E-state index in [9.17, 15) is 13.2 Å². The standard InChI is InChI=1S/C20H18O5S/c1-2-15-8-10-16(11-9-15)25-20(21)19-13-12-17(24-19)14-26(22,23)18-6-4-3-5-7-18/h3-13H,2,14H2,1H3. The molecule has 134 valence electrons. The third-order valence-corrected chi connectivity index (χ3v) is 5.49. The van der Waals surface area contributed by atoms with Crippen LogP contribution in [0.3, 0.4) is 0 Å². The lowest BCUT2D eigenvalue weighted by Crippen LogP contribution is -2.07. The Morgan fingerprint density at radius 3 is 2.31 bits per heavy atom. The van der Waals surface area contributed by atoms with Gasteiger partial charge >= 0.3 is 5.97 Å². The number of esters is 1. The third-order valence-electron chi connectivity index (χ3n) is 3.84. The highest BCUT2D eigenvalue weighted by Crippen LogP contribution is 2.20. The predicted octanol–water partition coefficient (Wildman–Crippen LogP) is 4.04. The third kappa shape index (κ3) is 4.21. The second kappa shape index (κ2) is 7.58. The van der Waals surface area contributed by atoms with E-state index >= 15 is 0 Å². The van der Waals surface area contributed by atoms with Crippen molar-refractivity contribution < 1.29 is 22.4 Å². The van der Waals surface area contributed by atoms with E-state index in [1.807, 2.05) is 19.1 Å². The summed E-state index contributed by atoms with van der Waals surface area (Å²) in [5.41, 5.74) is 1.14. The molecule has 26 heavy (non-hydrogen) atoms. The average molecular weight is 370 g/mol. The van der Waals surface area contributed by atoms with Gasteiger partial charge in [-0.05, 0) is 48.4 Å². The lowest BCUT2D eigenvalue weighted by atomic mass is 10.2. The van der Waals surface area contributed by atoms with Gasteiger partial charge < -0.3 is 9.15 Å². The first-order valence-electron chi connectivity index (χ1n) is 8.15. The van der Waals surface area contributed by atoms with E-state index in [0.717, 1.165) is 12.0 Å². The van der Waals surface area contributed by atoms with Gasteiger partial charge in [-0.3, -0.25) is 0 Å². The van der Waals surface area contributed by atoms with E-state index in [2.05, 4.69) is 0 Å². The minimum absolute atomic E-state index is 0.0390. The summed E-state index contributed by atoms with van der Waals surface area (Å²) >= 11 is 0. The number of aryl methyl sites for hydroxylation is 1. The molecule has 0 saturated carbocycles. The summed E-state index contributed by atoms with van der Waals surface area (Å²) < 4.78 is 35.3. The zero-order chi connectivity index (χ0) is 18.6. The summed E-state index contributed by atoms with van der Waals surface area (Å²) in [6.07, 6.45) is 0.895. The van der Waals surface area contributed by atoms with Gasteiger partial charge in [0, 0.05) is 0 Å². The van der Waals surface area contributed by atoms with E-state index in [1.165, 1.54) is 24.3 Å². The molecule has 1 aromatic heterocycles. The van der Waals surface area contributed by atoms with Gasteiger partial charge in [-0.2, -0.15) is 0 Å². The monoisotopic (exact) mass is 370 g/mol. The van der Waals surface area contributed by atoms with Crippen molar-refractivity contribution in [1.29, 1.82) is 0 Å². The van der Waals surface area contributed by atoms with Crippen molar-refractivity contribution in [3.05, 3.63) is 83.8 Å². The van der Waals surface area contributed by atoms with Crippen molar-refractivity contribution in [3.63, 3.8) is 0 Å². The van der Waals surface area contributed by atoms with E-state index in [4.69, 9.17) is 9.15 Å². The van der Waals surface area contributed by atoms with Crippen LogP contribution in [0.4, 0.5) is 0 Å². The van der Waals surface area contributed by atoms with Crippen LogP contribution in [0, 0.1) is 0 Å². The highest BCUT2D eigenvalue weighted by molar-refractivity contribution is 7.90. The fourth-order valence-corrected chi connectivity index (χ4v) is 3.68. The van der Waals surface area contributed by atoms with E-state index in [-0.39, 0.29) is 22.2 Å². The Labute approximate surface area is 152 Å². The molecule has 0 spiro atoms. The first-order chi connectivity index (χ1) is 12.5. The van der Waals surface area contributed by atoms with Gasteiger partial charge in [0.05, 0.1) is 4.90 Å². The van der Waals surface area contributed by atoms with Crippen LogP contribution < -0.4 is 4.74 Å². The van der Waals surface area contributed by atoms with E-state index < -0.39 is 15.8 Å². The molecule has 0 aliphatic carbocycles. The number of benzene rings is 2. The van der Waals surface area contributed by atoms with Gasteiger partial charge in [0.15, 0.2) is 9.84 Å². The molecule has 6 heteroatoms. The second-order valence-electron chi connectivity index (χ2n) is 5.73. The molecule has 0 fully saturated rings. The van der Waals surface area contributed by atoms with Crippen LogP contribution in [-0.4, -0.2) is 14.4 Å². The number of sulfone groups is 1. The Balaban J connectivity index is 1.70. The maximum absolute atomic E-state index is 12.4. The molecular formula is C20H18O5S. The molecule has 3 aromatic rings. The van der Waals surface area contributed by atoms with Gasteiger partial charge in [0.2, 0.25) is 5.76 Å². The first-order valence-corrected chi connectivity index (χ1v) is 9.81. The van der Waals surface area contributed by atoms with Gasteiger partial charge in [-0.1, -0.05) is 37.3 Å². The Morgan fingerprint density at radius 1 is 0.962 bits per heavy atom. The Bertz CT molecular complexity index is 986. The summed E-state index contributed by atoms with van der Waals surface area (Å²) in [5, 5.41) is 0. The maximum atomic E-state index is 12.4. The van der Waals surface area contributed by atoms with Crippen LogP contribution in [0.15, 0.2) is 76.0 Å². The molecule has 0 bridgehead atoms. The molecule has 1 heterocycles. The van der Waals surface area contributed by atoms with Crippen molar-refractivity contribution in [1.82, 2.24) is 0 Å². The van der Waals surface area contributed by atoms with Crippen LogP contribution in [-0.2, 0) is 22.0 Å². The highest BCUT2D eigenvalue weighted by atomic mass is 32.2. The topological polar surface area (TPSA) is 73.6 Å². The quantitative estimate of drug-likeness (QED) is 0.484. The van der Waals surface area contributed by atoms with Crippen molar-refractivity contribution in [2.24, 2.45) is 0 Å². The van der Waals surface area contributed by atoms with Gasteiger partial charge in [-0.15, -0.1) is 0 Å². The van der Waals surface area contributed by atoms with Gasteiger partial charge in [0.25, 0.3) is 0 Å². The van der Waals surface area contributed by atoms with Crippen molar-refractivity contribution in [3.8, 4) is 5.75 Å². The second-order valence-corrected chi connectivity index (χ2v) is 7.71. The number of carbonyl (C=O) groups excluding carboxylic acids is 1. The first kappa shape index (κ1) is 17.9. The van der Waals surface area contributed by atoms with Crippen LogP contribution in [0.25, 0.3) is 0 Å². The lowest BCUT2D eigenvalue weighted by Gasteiger charge is -2.04. The summed E-state index contributed by atoms with van der Waals surface area (Å²) in [5.74, 6) is -0.445. The van der Waals surface area contributed by atoms with E-state index in [1.54, 1.807) is 30.3 Å². The maximum Gasteiger partial charge on any atom is 0.379 e. The van der Waals surface area contributed by atoms with Crippen molar-refractivity contribution in [2.75, 3.05) is 0 Å². The predicted molar refractivity (Wildman–Crippen MR) is 96.8 cm³/mol. The summed E-state index contributed by atoms with van der Waals surface area (Å²) in [7, 11) is -3.54. The summed E-state index contributed by atoms with van der Waals surface area (Å²) in [6.45, 7) is 2.04. The number of carbonyl (C=O) groups is 1. The lowest BCUT2D eigenvalue weighted by molar-refractivity contribution is 0.0699. The minimum atomic E-state index is -3.54. The zero-order valence-corrected chi connectivity index (χ0v) is 15.0. The number of hydrogen-bond acceptors (Lipinski definition) is 5. The molecule has 0 amide bonds. The van der Waals surface area contributed by atoms with Crippen LogP contribution >= 0.6 is 0 Å². The molecule has 0 unspecified atom stereocenters. The molecule has 0 radical (unpaired) electrons. The Hall–Kier alpha value is -2.86. The molecule has 0 aliphatic rings. The van der Waals surface area contributed by atoms with Crippen LogP contribution in [0.5, 0.6) is 5.75 Å². The highest BCUT2D eigenvalue weighted by Gasteiger charge is 2.20. The molecule has 0 N–H and O–H groups in total. The minimum Gasteiger partial charge on any atom is -0.453 e. The fourth-order valence-electron chi connectivity index (χ4n) is 2.41. The van der Waals surface area contributed by atoms with Crippen LogP contribution in [0.1, 0.15) is 28.8 Å². The Kier molecular flexibility index (Phi) is 5.23. The number of hydrogen-bond donors (Lipinski definition) is 0. The van der Waals surface area contributed by atoms with Gasteiger partial charge in [0.1, 0.15) is 17.3 Å². The summed E-state index contributed by atoms with van der Waals surface area (Å²) in [4.78, 5) is 12.4. The normalized spacial score (nSPS) is 11.3. The smallest absolute Gasteiger partial charge is 0.379 e. The SMILES string of the molecule is CCc1ccc(OC(=O)c2ccc(CS(=O)(=O)c3ccccc3)o2)cc1. The summed E-state index contributed by atoms with van der Waals surface area (Å²) in [6, 6.07) is 18.2. The van der Waals surface area contributed by atoms with Gasteiger partial charge in [-0.25, -0.2) is 13.2 Å². The zero-order valence-electron chi connectivity index (χ0n) is 14.2. The molecule has 2 aromatic carbocycles. The van der Waals surface area contributed by atoms with Crippen molar-refractivity contribution in [2.45, 2.75) is 24.0 Å². The van der Waals surface area contributed by atoms with Crippen LogP contribution in [0.2, 0.25) is 0 Å². The molecule has 5 nitrogen and oxygen atoms in total. The number of furan rings is 1. The number of ether oxygens (including phenoxy) is 1. The molecule has 3 rings (SSSR count). The average Bonchev–Trinajstić information content (AvgIpc) is 3.11. The fraction of sp³-hybridized carbons (Fsp3) is 0.150. The molecular weight excluding hydrogens is 352 g/mol. The largest absolute Gasteiger partial charge is 0.453 e. The number of rotatable bonds is 6. The molecule has 0 saturated heterocycles. The van der Waals surface area contributed by atoms with Crippen molar-refractivity contribution >= 4 is 15.8 Å². The molecule has 0 aliphatic heterocycles. The molecule has 0 atom stereocenters.